The van der Waals surface area contributed by atoms with E-state index in [1.807, 2.05) is 0 Å². The van der Waals surface area contributed by atoms with Crippen molar-refractivity contribution in [1.82, 2.24) is 10.3 Å². The van der Waals surface area contributed by atoms with E-state index in [9.17, 15) is 13.2 Å². The first-order valence-electron chi connectivity index (χ1n) is 5.84. The molecule has 1 aromatic rings. The molecule has 1 saturated carbocycles. The number of nitrogens with one attached hydrogen (secondary N) is 1. The average Bonchev–Trinajstić information content (AvgIpc) is 2.81. The standard InChI is InChI=1S/C11H16N2O3S2/c1-18(15,16)9-4-2-3-8(5-9)13-11(14)10-6-17-7-12-10/h6-9H,2-5H2,1H3,(H,13,14). The van der Waals surface area contributed by atoms with Gasteiger partial charge in [-0.2, -0.15) is 0 Å². The zero-order chi connectivity index (χ0) is 13.2. The zero-order valence-corrected chi connectivity index (χ0v) is 11.8. The van der Waals surface area contributed by atoms with Crippen LogP contribution in [0.2, 0.25) is 0 Å². The number of hydrogen-bond acceptors (Lipinski definition) is 5. The van der Waals surface area contributed by atoms with E-state index >= 15 is 0 Å². The van der Waals surface area contributed by atoms with Crippen molar-refractivity contribution in [3.8, 4) is 0 Å². The molecule has 7 heteroatoms. The molecular formula is C11H16N2O3S2. The largest absolute Gasteiger partial charge is 0.348 e. The maximum atomic E-state index is 11.8. The van der Waals surface area contributed by atoms with E-state index in [-0.39, 0.29) is 17.2 Å². The summed E-state index contributed by atoms with van der Waals surface area (Å²) in [6, 6.07) is -0.0623. The van der Waals surface area contributed by atoms with Crippen molar-refractivity contribution in [2.24, 2.45) is 0 Å². The average molecular weight is 288 g/mol. The second-order valence-electron chi connectivity index (χ2n) is 4.66. The fourth-order valence-electron chi connectivity index (χ4n) is 2.25. The molecule has 0 bridgehead atoms. The predicted molar refractivity (Wildman–Crippen MR) is 70.5 cm³/mol. The molecule has 0 radical (unpaired) electrons. The number of carbonyl (C=O) groups excluding carboxylic acids is 1. The number of hydrogen-bond donors (Lipinski definition) is 1. The summed E-state index contributed by atoms with van der Waals surface area (Å²) in [4.78, 5) is 15.8. The molecule has 1 amide bonds. The number of amides is 1. The number of aromatic nitrogens is 1. The van der Waals surface area contributed by atoms with Crippen LogP contribution in [0.15, 0.2) is 10.9 Å². The second-order valence-corrected chi connectivity index (χ2v) is 7.71. The Balaban J connectivity index is 1.96. The van der Waals surface area contributed by atoms with Gasteiger partial charge >= 0.3 is 0 Å². The van der Waals surface area contributed by atoms with Crippen LogP contribution < -0.4 is 5.32 Å². The molecule has 2 atom stereocenters. The van der Waals surface area contributed by atoms with Crippen LogP contribution in [0, 0.1) is 0 Å². The fourth-order valence-corrected chi connectivity index (χ4v) is 3.96. The number of nitrogens with zero attached hydrogens (tertiary/aromatic N) is 1. The maximum Gasteiger partial charge on any atom is 0.270 e. The van der Waals surface area contributed by atoms with Crippen molar-refractivity contribution in [3.05, 3.63) is 16.6 Å². The first-order valence-corrected chi connectivity index (χ1v) is 8.74. The van der Waals surface area contributed by atoms with E-state index in [0.29, 0.717) is 18.5 Å². The van der Waals surface area contributed by atoms with Gasteiger partial charge in [-0.05, 0) is 19.3 Å². The van der Waals surface area contributed by atoms with Crippen molar-refractivity contribution in [1.29, 1.82) is 0 Å². The van der Waals surface area contributed by atoms with Gasteiger partial charge in [0.05, 0.1) is 10.8 Å². The van der Waals surface area contributed by atoms with Crippen molar-refractivity contribution in [3.63, 3.8) is 0 Å². The van der Waals surface area contributed by atoms with Gasteiger partial charge in [0.1, 0.15) is 15.5 Å². The van der Waals surface area contributed by atoms with Gasteiger partial charge in [-0.15, -0.1) is 11.3 Å². The fraction of sp³-hybridized carbons (Fsp3) is 0.636. The van der Waals surface area contributed by atoms with Gasteiger partial charge in [0.2, 0.25) is 0 Å². The minimum atomic E-state index is -3.01. The van der Waals surface area contributed by atoms with E-state index in [2.05, 4.69) is 10.3 Å². The van der Waals surface area contributed by atoms with Crippen molar-refractivity contribution < 1.29 is 13.2 Å². The molecule has 1 aromatic heterocycles. The van der Waals surface area contributed by atoms with Crippen LogP contribution in [-0.2, 0) is 9.84 Å². The van der Waals surface area contributed by atoms with E-state index in [4.69, 9.17) is 0 Å². The highest BCUT2D eigenvalue weighted by atomic mass is 32.2. The van der Waals surface area contributed by atoms with Crippen molar-refractivity contribution in [2.45, 2.75) is 37.0 Å². The SMILES string of the molecule is CS(=O)(=O)C1CCCC(NC(=O)c2cscn2)C1. The summed E-state index contributed by atoms with van der Waals surface area (Å²) in [5.41, 5.74) is 2.01. The summed E-state index contributed by atoms with van der Waals surface area (Å²) >= 11 is 1.37. The van der Waals surface area contributed by atoms with Crippen LogP contribution in [-0.4, -0.2) is 36.9 Å². The Kier molecular flexibility index (Phi) is 4.01. The second kappa shape index (κ2) is 5.36. The van der Waals surface area contributed by atoms with Crippen LogP contribution in [0.4, 0.5) is 0 Å². The third-order valence-corrected chi connectivity index (χ3v) is 5.46. The molecular weight excluding hydrogens is 272 g/mol. The van der Waals surface area contributed by atoms with Crippen molar-refractivity contribution in [2.75, 3.05) is 6.26 Å². The van der Waals surface area contributed by atoms with Gasteiger partial charge in [-0.3, -0.25) is 4.79 Å². The lowest BCUT2D eigenvalue weighted by Gasteiger charge is -2.28. The first kappa shape index (κ1) is 13.5. The number of rotatable bonds is 3. The van der Waals surface area contributed by atoms with E-state index < -0.39 is 9.84 Å². The Hall–Kier alpha value is -0.950. The zero-order valence-electron chi connectivity index (χ0n) is 10.1. The molecule has 2 unspecified atom stereocenters. The molecule has 5 nitrogen and oxygen atoms in total. The number of thiazole rings is 1. The molecule has 0 saturated heterocycles. The van der Waals surface area contributed by atoms with Crippen LogP contribution in [0.3, 0.4) is 0 Å². The number of sulfone groups is 1. The monoisotopic (exact) mass is 288 g/mol. The molecule has 1 aliphatic rings. The Morgan fingerprint density at radius 3 is 2.89 bits per heavy atom. The van der Waals surface area contributed by atoms with Gasteiger partial charge in [-0.25, -0.2) is 13.4 Å². The van der Waals surface area contributed by atoms with Crippen molar-refractivity contribution >= 4 is 27.1 Å². The molecule has 1 N–H and O–H groups in total. The van der Waals surface area contributed by atoms with Crippen LogP contribution >= 0.6 is 11.3 Å². The summed E-state index contributed by atoms with van der Waals surface area (Å²) in [5.74, 6) is -0.213. The van der Waals surface area contributed by atoms with Gasteiger partial charge in [-0.1, -0.05) is 6.42 Å². The van der Waals surface area contributed by atoms with Gasteiger partial charge in [0, 0.05) is 17.7 Å². The molecule has 0 aromatic carbocycles. The normalized spacial score (nSPS) is 24.7. The molecule has 18 heavy (non-hydrogen) atoms. The van der Waals surface area contributed by atoms with Gasteiger partial charge < -0.3 is 5.32 Å². The molecule has 1 heterocycles. The summed E-state index contributed by atoms with van der Waals surface area (Å²) in [6.45, 7) is 0. The lowest BCUT2D eigenvalue weighted by molar-refractivity contribution is 0.0923. The quantitative estimate of drug-likeness (QED) is 0.907. The lowest BCUT2D eigenvalue weighted by atomic mass is 9.95. The highest BCUT2D eigenvalue weighted by Crippen LogP contribution is 2.24. The summed E-state index contributed by atoms with van der Waals surface area (Å²) in [5, 5.41) is 4.22. The molecule has 1 fully saturated rings. The van der Waals surface area contributed by atoms with E-state index in [0.717, 1.165) is 12.8 Å². The Bertz CT molecular complexity index is 510. The summed E-state index contributed by atoms with van der Waals surface area (Å²) in [7, 11) is -3.01. The smallest absolute Gasteiger partial charge is 0.270 e. The van der Waals surface area contributed by atoms with E-state index in [1.165, 1.54) is 17.6 Å². The predicted octanol–water partition coefficient (Wildman–Crippen LogP) is 1.23. The van der Waals surface area contributed by atoms with Crippen LogP contribution in [0.25, 0.3) is 0 Å². The maximum absolute atomic E-state index is 11.8. The third kappa shape index (κ3) is 3.29. The summed E-state index contributed by atoms with van der Waals surface area (Å²) in [6.07, 6.45) is 4.14. The number of carbonyl (C=O) groups is 1. The topological polar surface area (TPSA) is 76.1 Å². The minimum absolute atomic E-state index is 0.0623. The molecule has 0 aliphatic heterocycles. The lowest BCUT2D eigenvalue weighted by Crippen LogP contribution is -2.41. The Morgan fingerprint density at radius 1 is 1.50 bits per heavy atom. The molecule has 0 spiro atoms. The minimum Gasteiger partial charge on any atom is -0.348 e. The molecule has 100 valence electrons. The first-order chi connectivity index (χ1) is 8.47. The Labute approximate surface area is 111 Å². The highest BCUT2D eigenvalue weighted by molar-refractivity contribution is 7.91. The Morgan fingerprint density at radius 2 is 2.28 bits per heavy atom. The van der Waals surface area contributed by atoms with Crippen LogP contribution in [0.1, 0.15) is 36.2 Å². The summed E-state index contributed by atoms with van der Waals surface area (Å²) < 4.78 is 23.0. The third-order valence-electron chi connectivity index (χ3n) is 3.23. The molecule has 1 aliphatic carbocycles. The molecule has 2 rings (SSSR count). The van der Waals surface area contributed by atoms with Gasteiger partial charge in [0.15, 0.2) is 0 Å². The van der Waals surface area contributed by atoms with E-state index in [1.54, 1.807) is 10.9 Å². The van der Waals surface area contributed by atoms with Gasteiger partial charge in [0.25, 0.3) is 5.91 Å². The van der Waals surface area contributed by atoms with Crippen LogP contribution in [0.5, 0.6) is 0 Å². The highest BCUT2D eigenvalue weighted by Gasteiger charge is 2.29.